The minimum atomic E-state index is -2.95. The number of carbonyl (C=O) groups is 5. The number of amides is 4. The van der Waals surface area contributed by atoms with Gasteiger partial charge in [0.05, 0.1) is 0 Å². The van der Waals surface area contributed by atoms with Gasteiger partial charge in [-0.3, -0.25) is 9.59 Å². The molecule has 1 saturated carbocycles. The summed E-state index contributed by atoms with van der Waals surface area (Å²) in [5.41, 5.74) is -1.93. The van der Waals surface area contributed by atoms with E-state index >= 15 is 0 Å². The number of nitrogens with one attached hydrogen (secondary N) is 3. The number of rotatable bonds is 10. The van der Waals surface area contributed by atoms with E-state index in [1.54, 1.807) is 55.4 Å². The number of carboxylic acids is 1. The minimum absolute atomic E-state index is 0.0625. The predicted octanol–water partition coefficient (Wildman–Crippen LogP) is 2.77. The Kier molecular flexibility index (Phi) is 10.1. The Labute approximate surface area is 240 Å². The van der Waals surface area contributed by atoms with Crippen LogP contribution < -0.4 is 16.0 Å². The molecule has 1 heterocycles. The Morgan fingerprint density at radius 3 is 2.00 bits per heavy atom. The third kappa shape index (κ3) is 8.28. The highest BCUT2D eigenvalue weighted by molar-refractivity contribution is 5.95. The Balaban J connectivity index is 2.29. The lowest BCUT2D eigenvalue weighted by Gasteiger charge is -2.38. The highest BCUT2D eigenvalue weighted by Crippen LogP contribution is 2.65. The number of carbonyl (C=O) groups excluding carboxylic acids is 4. The number of nitrogens with zero attached hydrogens (tertiary/aromatic N) is 1. The smallest absolute Gasteiger partial charge is 0.329 e. The van der Waals surface area contributed by atoms with Crippen molar-refractivity contribution < 1.29 is 42.6 Å². The van der Waals surface area contributed by atoms with E-state index in [2.05, 4.69) is 16.0 Å². The zero-order valence-corrected chi connectivity index (χ0v) is 25.6. The van der Waals surface area contributed by atoms with Gasteiger partial charge in [-0.1, -0.05) is 48.5 Å². The number of esters is 1. The highest BCUT2D eigenvalue weighted by atomic mass is 19.3. The summed E-state index contributed by atoms with van der Waals surface area (Å²) in [5.74, 6) is -4.32. The molecule has 1 saturated heterocycles. The summed E-state index contributed by atoms with van der Waals surface area (Å²) in [7, 11) is 0. The van der Waals surface area contributed by atoms with E-state index in [1.807, 2.05) is 13.8 Å². The van der Waals surface area contributed by atoms with Crippen molar-refractivity contribution in [2.75, 3.05) is 6.54 Å². The molecule has 2 fully saturated rings. The average molecular weight is 589 g/mol. The Morgan fingerprint density at radius 1 is 1.00 bits per heavy atom. The molecule has 4 amide bonds. The summed E-state index contributed by atoms with van der Waals surface area (Å²) < 4.78 is 31.3. The largest absolute Gasteiger partial charge is 0.480 e. The molecule has 13 heteroatoms. The van der Waals surface area contributed by atoms with Gasteiger partial charge in [0.15, 0.2) is 0 Å². The van der Waals surface area contributed by atoms with Crippen LogP contribution in [0.1, 0.15) is 75.7 Å². The van der Waals surface area contributed by atoms with Gasteiger partial charge >= 0.3 is 18.0 Å². The maximum absolute atomic E-state index is 13.9. The third-order valence-corrected chi connectivity index (χ3v) is 7.79. The lowest BCUT2D eigenvalue weighted by Crippen LogP contribution is -2.62. The van der Waals surface area contributed by atoms with E-state index < -0.39 is 77.8 Å². The van der Waals surface area contributed by atoms with Gasteiger partial charge in [-0.15, -0.1) is 0 Å². The number of piperidine rings is 1. The molecule has 0 aromatic heterocycles. The second-order valence-corrected chi connectivity index (χ2v) is 14.1. The molecule has 0 spiro atoms. The Hall–Kier alpha value is -2.99. The van der Waals surface area contributed by atoms with E-state index in [-0.39, 0.29) is 29.7 Å². The van der Waals surface area contributed by atoms with Crippen LogP contribution >= 0.6 is 0 Å². The fourth-order valence-corrected chi connectivity index (χ4v) is 5.46. The molecule has 2 aliphatic rings. The maximum Gasteiger partial charge on any atom is 0.329 e. The van der Waals surface area contributed by atoms with Gasteiger partial charge in [-0.2, -0.15) is 0 Å². The van der Waals surface area contributed by atoms with E-state index in [0.29, 0.717) is 0 Å². The van der Waals surface area contributed by atoms with Crippen LogP contribution in [0.2, 0.25) is 0 Å². The van der Waals surface area contributed by atoms with Crippen molar-refractivity contribution in [1.29, 1.82) is 0 Å². The number of hydrogen-bond acceptors (Lipinski definition) is 6. The Morgan fingerprint density at radius 2 is 1.56 bits per heavy atom. The van der Waals surface area contributed by atoms with Crippen molar-refractivity contribution in [2.45, 2.75) is 112 Å². The van der Waals surface area contributed by atoms with Crippen molar-refractivity contribution in [1.82, 2.24) is 20.9 Å². The van der Waals surface area contributed by atoms with Crippen LogP contribution in [0.3, 0.4) is 0 Å². The van der Waals surface area contributed by atoms with Crippen molar-refractivity contribution in [3.05, 3.63) is 0 Å². The molecule has 11 nitrogen and oxygen atoms in total. The minimum Gasteiger partial charge on any atom is -0.480 e. The first-order valence-corrected chi connectivity index (χ1v) is 13.9. The van der Waals surface area contributed by atoms with Crippen LogP contribution in [0.15, 0.2) is 0 Å². The zero-order chi connectivity index (χ0) is 31.8. The molecule has 1 aliphatic heterocycles. The number of halogens is 2. The van der Waals surface area contributed by atoms with Crippen LogP contribution in [-0.2, 0) is 23.9 Å². The number of fused-ring (bicyclic) bond motifs is 1. The quantitative estimate of drug-likeness (QED) is 0.286. The van der Waals surface area contributed by atoms with Crippen molar-refractivity contribution >= 4 is 29.8 Å². The molecular formula is C28H46F2N4O7. The molecule has 0 bridgehead atoms. The van der Waals surface area contributed by atoms with E-state index in [4.69, 9.17) is 4.74 Å². The third-order valence-electron chi connectivity index (χ3n) is 7.79. The van der Waals surface area contributed by atoms with Gasteiger partial charge in [-0.05, 0) is 49.4 Å². The summed E-state index contributed by atoms with van der Waals surface area (Å²) in [6.07, 6.45) is -4.02. The van der Waals surface area contributed by atoms with Crippen LogP contribution in [-0.4, -0.2) is 82.5 Å². The Bertz CT molecular complexity index is 1040. The number of hydrogen-bond donors (Lipinski definition) is 4. The van der Waals surface area contributed by atoms with E-state index in [9.17, 15) is 37.9 Å². The average Bonchev–Trinajstić information content (AvgIpc) is 3.12. The zero-order valence-electron chi connectivity index (χ0n) is 25.6. The van der Waals surface area contributed by atoms with Gasteiger partial charge in [-0.25, -0.2) is 23.2 Å². The number of alkyl halides is 2. The van der Waals surface area contributed by atoms with Crippen molar-refractivity contribution in [3.63, 3.8) is 0 Å². The molecule has 0 aromatic carbocycles. The summed E-state index contributed by atoms with van der Waals surface area (Å²) in [6, 6.07) is -5.82. The first kappa shape index (κ1) is 34.2. The number of aliphatic carboxylic acids is 1. The molecule has 1 aliphatic carbocycles. The molecule has 0 aromatic rings. The topological polar surface area (TPSA) is 154 Å². The van der Waals surface area contributed by atoms with Gasteiger partial charge in [0.2, 0.25) is 18.2 Å². The molecule has 1 unspecified atom stereocenters. The molecular weight excluding hydrogens is 542 g/mol. The molecule has 234 valence electrons. The molecule has 6 atom stereocenters. The summed E-state index contributed by atoms with van der Waals surface area (Å²) in [6.45, 7) is 17.8. The van der Waals surface area contributed by atoms with Crippen molar-refractivity contribution in [2.24, 2.45) is 28.6 Å². The van der Waals surface area contributed by atoms with Gasteiger partial charge in [0.25, 0.3) is 0 Å². The lowest BCUT2D eigenvalue weighted by atomic mass is 9.85. The van der Waals surface area contributed by atoms with Crippen LogP contribution in [0.25, 0.3) is 0 Å². The second kappa shape index (κ2) is 12.1. The standard InChI is InChI=1S/C28H46F2N4O7/c1-13(2)18(24(39)41-27(6,7)8)32-25(40)33-20(26(3,4)5)22(36)34-12-14-17(28(14,9)10)19(34)21(35)31-15(23(37)38)11-16(29)30/h13-20H,11-12H2,1-10H3,(H,31,35)(H,37,38)(H2,32,33,40)/t14-,15?,17-,18-,19-,20+/m0/s1. The fourth-order valence-electron chi connectivity index (χ4n) is 5.46. The van der Waals surface area contributed by atoms with Crippen LogP contribution in [0.5, 0.6) is 0 Å². The monoisotopic (exact) mass is 588 g/mol. The van der Waals surface area contributed by atoms with E-state index in [1.165, 1.54) is 4.90 Å². The predicted molar refractivity (Wildman–Crippen MR) is 146 cm³/mol. The normalized spacial score (nSPS) is 23.8. The van der Waals surface area contributed by atoms with Gasteiger partial charge in [0, 0.05) is 13.0 Å². The summed E-state index contributed by atoms with van der Waals surface area (Å²) >= 11 is 0. The van der Waals surface area contributed by atoms with Gasteiger partial charge in [0.1, 0.15) is 29.8 Å². The number of ether oxygens (including phenoxy) is 1. The van der Waals surface area contributed by atoms with Crippen LogP contribution in [0.4, 0.5) is 13.6 Å². The summed E-state index contributed by atoms with van der Waals surface area (Å²) in [4.78, 5) is 65.9. The first-order chi connectivity index (χ1) is 18.5. The number of urea groups is 1. The molecule has 2 rings (SSSR count). The van der Waals surface area contributed by atoms with E-state index in [0.717, 1.165) is 0 Å². The SMILES string of the molecule is CC(C)[C@H](NC(=O)N[C@H](C(=O)N1C[C@H]2[C@@H]([C@H]1C(=O)NC(CC(F)F)C(=O)O)C2(C)C)C(C)(C)C)C(=O)OC(C)(C)C. The molecule has 0 radical (unpaired) electrons. The molecule has 41 heavy (non-hydrogen) atoms. The molecule has 4 N–H and O–H groups in total. The van der Waals surface area contributed by atoms with Crippen LogP contribution in [0, 0.1) is 28.6 Å². The van der Waals surface area contributed by atoms with Gasteiger partial charge < -0.3 is 30.7 Å². The summed E-state index contributed by atoms with van der Waals surface area (Å²) in [5, 5.41) is 16.8. The highest BCUT2D eigenvalue weighted by Gasteiger charge is 2.70. The fraction of sp³-hybridized carbons (Fsp3) is 0.821. The lowest BCUT2D eigenvalue weighted by molar-refractivity contribution is -0.158. The second-order valence-electron chi connectivity index (χ2n) is 14.1. The van der Waals surface area contributed by atoms with Crippen molar-refractivity contribution in [3.8, 4) is 0 Å². The first-order valence-electron chi connectivity index (χ1n) is 13.9. The maximum atomic E-state index is 13.9. The number of likely N-dealkylation sites (tertiary alicyclic amines) is 1. The number of carboxylic acid groups (broad SMARTS) is 1.